The summed E-state index contributed by atoms with van der Waals surface area (Å²) in [5.74, 6) is 0.186. The number of hydrogen-bond donors (Lipinski definition) is 3. The van der Waals surface area contributed by atoms with Crippen molar-refractivity contribution in [1.29, 1.82) is 0 Å². The van der Waals surface area contributed by atoms with E-state index in [4.69, 9.17) is 9.47 Å². The smallest absolute Gasteiger partial charge is 0.323 e. The van der Waals surface area contributed by atoms with Gasteiger partial charge in [0, 0.05) is 25.0 Å². The van der Waals surface area contributed by atoms with E-state index >= 15 is 0 Å². The van der Waals surface area contributed by atoms with Crippen molar-refractivity contribution >= 4 is 29.2 Å². The van der Waals surface area contributed by atoms with Crippen LogP contribution in [0.5, 0.6) is 5.75 Å². The second-order valence-corrected chi connectivity index (χ2v) is 8.98. The minimum absolute atomic E-state index is 0.0380. The lowest BCUT2D eigenvalue weighted by Crippen LogP contribution is -2.54. The highest BCUT2D eigenvalue weighted by molar-refractivity contribution is 6.02. The Hall–Kier alpha value is -3.59. The Labute approximate surface area is 205 Å². The van der Waals surface area contributed by atoms with E-state index in [1.165, 1.54) is 0 Å². The number of likely N-dealkylation sites (N-methyl/N-ethyl adjacent to an activating group) is 1. The fourth-order valence-electron chi connectivity index (χ4n) is 4.51. The summed E-state index contributed by atoms with van der Waals surface area (Å²) in [6.07, 6.45) is 1.16. The normalized spacial score (nSPS) is 21.5. The standard InChI is InChI=1S/C26H32N4O5/c1-4-27-24(31)14-19-10-11-21-23(35-19)15-34-22-12-9-18(13-20(22)25(32)30(21)3)29-26(33)28-17-7-5-16(2)6-8-17/h5-9,12-13,19,21,23H,4,10-11,14-15H2,1-3H3,(H,27,31)(H2,28,29,33)/t19-,21+,23-/m1/s1. The van der Waals surface area contributed by atoms with Crippen LogP contribution in [-0.4, -0.2) is 61.2 Å². The molecular weight excluding hydrogens is 448 g/mol. The summed E-state index contributed by atoms with van der Waals surface area (Å²) in [5.41, 5.74) is 2.64. The third kappa shape index (κ3) is 5.92. The van der Waals surface area contributed by atoms with Crippen molar-refractivity contribution in [3.05, 3.63) is 53.6 Å². The highest BCUT2D eigenvalue weighted by Gasteiger charge is 2.39. The van der Waals surface area contributed by atoms with Gasteiger partial charge in [-0.1, -0.05) is 17.7 Å². The topological polar surface area (TPSA) is 109 Å². The molecule has 0 unspecified atom stereocenters. The second kappa shape index (κ2) is 10.8. The number of benzene rings is 2. The Morgan fingerprint density at radius 1 is 1.06 bits per heavy atom. The van der Waals surface area contributed by atoms with Crippen LogP contribution in [0.4, 0.5) is 16.2 Å². The lowest BCUT2D eigenvalue weighted by Gasteiger charge is -2.42. The Morgan fingerprint density at radius 2 is 1.77 bits per heavy atom. The van der Waals surface area contributed by atoms with Crippen LogP contribution in [0.25, 0.3) is 0 Å². The summed E-state index contributed by atoms with van der Waals surface area (Å²) in [4.78, 5) is 39.5. The minimum atomic E-state index is -0.403. The van der Waals surface area contributed by atoms with Gasteiger partial charge in [-0.25, -0.2) is 4.79 Å². The third-order valence-electron chi connectivity index (χ3n) is 6.37. The molecule has 1 saturated heterocycles. The van der Waals surface area contributed by atoms with Crippen LogP contribution in [0, 0.1) is 6.92 Å². The number of carbonyl (C=O) groups is 3. The molecule has 0 radical (unpaired) electrons. The van der Waals surface area contributed by atoms with Crippen LogP contribution >= 0.6 is 0 Å². The quantitative estimate of drug-likeness (QED) is 0.607. The number of fused-ring (bicyclic) bond motifs is 2. The first-order valence-corrected chi connectivity index (χ1v) is 11.9. The SMILES string of the molecule is CCNC(=O)C[C@H]1CC[C@H]2[C@@H](COc3ccc(NC(=O)Nc4ccc(C)cc4)cc3C(=O)N2C)O1. The summed E-state index contributed by atoms with van der Waals surface area (Å²) < 4.78 is 12.2. The van der Waals surface area contributed by atoms with E-state index in [0.29, 0.717) is 48.5 Å². The van der Waals surface area contributed by atoms with Gasteiger partial charge >= 0.3 is 6.03 Å². The minimum Gasteiger partial charge on any atom is -0.490 e. The molecule has 1 fully saturated rings. The van der Waals surface area contributed by atoms with E-state index in [9.17, 15) is 14.4 Å². The van der Waals surface area contributed by atoms with Gasteiger partial charge in [-0.15, -0.1) is 0 Å². The molecule has 2 heterocycles. The molecule has 2 aliphatic heterocycles. The number of urea groups is 1. The maximum atomic E-state index is 13.3. The van der Waals surface area contributed by atoms with Crippen LogP contribution in [0.3, 0.4) is 0 Å². The molecule has 0 bridgehead atoms. The highest BCUT2D eigenvalue weighted by Crippen LogP contribution is 2.32. The van der Waals surface area contributed by atoms with Crippen LogP contribution in [0.1, 0.15) is 42.1 Å². The van der Waals surface area contributed by atoms with Crippen molar-refractivity contribution in [3.8, 4) is 5.75 Å². The van der Waals surface area contributed by atoms with Crippen LogP contribution in [0.2, 0.25) is 0 Å². The van der Waals surface area contributed by atoms with E-state index in [1.54, 1.807) is 30.1 Å². The Bertz CT molecular complexity index is 1090. The lowest BCUT2D eigenvalue weighted by atomic mass is 9.94. The predicted molar refractivity (Wildman–Crippen MR) is 133 cm³/mol. The van der Waals surface area contributed by atoms with Crippen molar-refractivity contribution < 1.29 is 23.9 Å². The maximum absolute atomic E-state index is 13.3. The van der Waals surface area contributed by atoms with Gasteiger partial charge in [0.15, 0.2) is 0 Å². The molecule has 0 spiro atoms. The number of amides is 4. The van der Waals surface area contributed by atoms with Gasteiger partial charge < -0.3 is 30.3 Å². The fourth-order valence-corrected chi connectivity index (χ4v) is 4.51. The summed E-state index contributed by atoms with van der Waals surface area (Å²) in [6, 6.07) is 11.9. The van der Waals surface area contributed by atoms with Gasteiger partial charge in [-0.2, -0.15) is 0 Å². The van der Waals surface area contributed by atoms with Crippen molar-refractivity contribution in [1.82, 2.24) is 10.2 Å². The molecule has 35 heavy (non-hydrogen) atoms. The highest BCUT2D eigenvalue weighted by atomic mass is 16.5. The molecule has 4 rings (SSSR count). The molecule has 0 saturated carbocycles. The number of rotatable bonds is 5. The van der Waals surface area contributed by atoms with Crippen molar-refractivity contribution in [3.63, 3.8) is 0 Å². The molecule has 9 heteroatoms. The molecular formula is C26H32N4O5. The van der Waals surface area contributed by atoms with Gasteiger partial charge in [0.05, 0.1) is 24.1 Å². The van der Waals surface area contributed by atoms with E-state index < -0.39 is 6.03 Å². The third-order valence-corrected chi connectivity index (χ3v) is 6.37. The van der Waals surface area contributed by atoms with E-state index in [1.807, 2.05) is 38.1 Å². The number of anilines is 2. The average Bonchev–Trinajstić information content (AvgIpc) is 2.83. The Morgan fingerprint density at radius 3 is 2.51 bits per heavy atom. The van der Waals surface area contributed by atoms with E-state index in [2.05, 4.69) is 16.0 Å². The molecule has 3 atom stereocenters. The van der Waals surface area contributed by atoms with Crippen molar-refractivity contribution in [2.75, 3.05) is 30.8 Å². The number of ether oxygens (including phenoxy) is 2. The number of nitrogens with one attached hydrogen (secondary N) is 3. The monoisotopic (exact) mass is 480 g/mol. The van der Waals surface area contributed by atoms with Crippen molar-refractivity contribution in [2.24, 2.45) is 0 Å². The summed E-state index contributed by atoms with van der Waals surface area (Å²) in [5, 5.41) is 8.36. The Balaban J connectivity index is 1.44. The van der Waals surface area contributed by atoms with Gasteiger partial charge in [-0.3, -0.25) is 9.59 Å². The predicted octanol–water partition coefficient (Wildman–Crippen LogP) is 3.55. The van der Waals surface area contributed by atoms with Gasteiger partial charge in [0.1, 0.15) is 18.5 Å². The molecule has 2 aromatic rings. The molecule has 2 aromatic carbocycles. The molecule has 2 aliphatic rings. The molecule has 3 N–H and O–H groups in total. The molecule has 9 nitrogen and oxygen atoms in total. The lowest BCUT2D eigenvalue weighted by molar-refractivity contribution is -0.133. The molecule has 186 valence electrons. The van der Waals surface area contributed by atoms with Crippen LogP contribution in [-0.2, 0) is 9.53 Å². The number of aryl methyl sites for hydroxylation is 1. The maximum Gasteiger partial charge on any atom is 0.323 e. The summed E-state index contributed by atoms with van der Waals surface area (Å²) >= 11 is 0. The van der Waals surface area contributed by atoms with Gasteiger partial charge in [0.2, 0.25) is 5.91 Å². The van der Waals surface area contributed by atoms with Crippen LogP contribution < -0.4 is 20.7 Å². The van der Waals surface area contributed by atoms with Gasteiger partial charge in [-0.05, 0) is 57.0 Å². The van der Waals surface area contributed by atoms with Crippen molar-refractivity contribution in [2.45, 2.75) is 51.4 Å². The summed E-state index contributed by atoms with van der Waals surface area (Å²) in [7, 11) is 1.76. The fraction of sp³-hybridized carbons (Fsp3) is 0.423. The molecule has 4 amide bonds. The Kier molecular flexibility index (Phi) is 7.55. The zero-order valence-electron chi connectivity index (χ0n) is 20.3. The zero-order chi connectivity index (χ0) is 24.9. The second-order valence-electron chi connectivity index (χ2n) is 8.98. The van der Waals surface area contributed by atoms with Crippen LogP contribution in [0.15, 0.2) is 42.5 Å². The van der Waals surface area contributed by atoms with E-state index in [-0.39, 0.29) is 36.7 Å². The zero-order valence-corrected chi connectivity index (χ0v) is 20.3. The molecule has 0 aromatic heterocycles. The largest absolute Gasteiger partial charge is 0.490 e. The first kappa shape index (κ1) is 24.5. The van der Waals surface area contributed by atoms with E-state index in [0.717, 1.165) is 5.56 Å². The average molecular weight is 481 g/mol. The first-order valence-electron chi connectivity index (χ1n) is 11.9. The number of carbonyl (C=O) groups excluding carboxylic acids is 3. The molecule has 0 aliphatic carbocycles. The number of hydrogen-bond acceptors (Lipinski definition) is 5. The number of nitrogens with zero attached hydrogens (tertiary/aromatic N) is 1. The summed E-state index contributed by atoms with van der Waals surface area (Å²) in [6.45, 7) is 4.71. The first-order chi connectivity index (χ1) is 16.8. The van der Waals surface area contributed by atoms with Gasteiger partial charge in [0.25, 0.3) is 5.91 Å².